The lowest BCUT2D eigenvalue weighted by atomic mass is 10.0. The van der Waals surface area contributed by atoms with Crippen molar-refractivity contribution in [2.75, 3.05) is 11.9 Å². The van der Waals surface area contributed by atoms with E-state index in [-0.39, 0.29) is 17.9 Å². The molecule has 5 heteroatoms. The maximum absolute atomic E-state index is 11.9. The van der Waals surface area contributed by atoms with Gasteiger partial charge in [0.25, 0.3) is 0 Å². The first-order chi connectivity index (χ1) is 7.68. The van der Waals surface area contributed by atoms with Gasteiger partial charge in [-0.25, -0.2) is 4.98 Å². The van der Waals surface area contributed by atoms with Crippen molar-refractivity contribution in [3.05, 3.63) is 22.8 Å². The van der Waals surface area contributed by atoms with Crippen molar-refractivity contribution >= 4 is 27.7 Å². The van der Waals surface area contributed by atoms with Crippen molar-refractivity contribution in [3.63, 3.8) is 0 Å². The molecule has 1 amide bonds. The number of carbonyl (C=O) groups excluding carboxylic acids is 1. The summed E-state index contributed by atoms with van der Waals surface area (Å²) in [7, 11) is 0. The minimum Gasteiger partial charge on any atom is -0.378 e. The predicted molar refractivity (Wildman–Crippen MR) is 64.1 cm³/mol. The molecule has 1 aliphatic rings. The molecule has 0 aliphatic carbocycles. The van der Waals surface area contributed by atoms with Crippen molar-refractivity contribution in [1.82, 2.24) is 4.98 Å². The number of amides is 1. The number of hydrogen-bond donors (Lipinski definition) is 1. The van der Waals surface area contributed by atoms with Crippen molar-refractivity contribution in [2.45, 2.75) is 19.4 Å². The molecular formula is C11H13BrN2O2. The molecule has 1 aliphatic heterocycles. The molecule has 1 fully saturated rings. The first-order valence-electron chi connectivity index (χ1n) is 5.21. The Morgan fingerprint density at radius 3 is 3.12 bits per heavy atom. The highest BCUT2D eigenvalue weighted by Crippen LogP contribution is 2.24. The lowest BCUT2D eigenvalue weighted by Gasteiger charge is -2.14. The topological polar surface area (TPSA) is 51.2 Å². The Labute approximate surface area is 103 Å². The van der Waals surface area contributed by atoms with Crippen LogP contribution in [-0.4, -0.2) is 23.6 Å². The highest BCUT2D eigenvalue weighted by Gasteiger charge is 2.31. The average molecular weight is 285 g/mol. The molecule has 16 heavy (non-hydrogen) atoms. The van der Waals surface area contributed by atoms with E-state index in [1.54, 1.807) is 12.3 Å². The van der Waals surface area contributed by atoms with Crippen LogP contribution in [0.5, 0.6) is 0 Å². The van der Waals surface area contributed by atoms with E-state index < -0.39 is 0 Å². The third-order valence-electron chi connectivity index (χ3n) is 2.71. The number of rotatable bonds is 2. The second-order valence-corrected chi connectivity index (χ2v) is 4.65. The summed E-state index contributed by atoms with van der Waals surface area (Å²) in [5.74, 6) is 0.463. The van der Waals surface area contributed by atoms with Crippen LogP contribution in [0.3, 0.4) is 0 Å². The van der Waals surface area contributed by atoms with Crippen LogP contribution in [0.1, 0.15) is 13.3 Å². The molecule has 4 nitrogen and oxygen atoms in total. The Morgan fingerprint density at radius 2 is 2.50 bits per heavy atom. The molecule has 2 rings (SSSR count). The quantitative estimate of drug-likeness (QED) is 0.906. The van der Waals surface area contributed by atoms with E-state index in [0.29, 0.717) is 12.4 Å². The van der Waals surface area contributed by atoms with Gasteiger partial charge in [-0.15, -0.1) is 0 Å². The number of pyridine rings is 1. The molecule has 0 radical (unpaired) electrons. The van der Waals surface area contributed by atoms with Crippen LogP contribution in [0.15, 0.2) is 22.8 Å². The number of nitrogens with zero attached hydrogens (tertiary/aromatic N) is 1. The Morgan fingerprint density at radius 1 is 1.69 bits per heavy atom. The lowest BCUT2D eigenvalue weighted by Crippen LogP contribution is -2.28. The van der Waals surface area contributed by atoms with Gasteiger partial charge in [-0.05, 0) is 41.4 Å². The molecule has 0 spiro atoms. The third-order valence-corrected chi connectivity index (χ3v) is 3.35. The Balaban J connectivity index is 2.05. The van der Waals surface area contributed by atoms with E-state index in [1.807, 2.05) is 13.0 Å². The van der Waals surface area contributed by atoms with E-state index in [2.05, 4.69) is 26.2 Å². The molecule has 1 saturated heterocycles. The monoisotopic (exact) mass is 284 g/mol. The molecule has 2 atom stereocenters. The van der Waals surface area contributed by atoms with Gasteiger partial charge in [-0.1, -0.05) is 0 Å². The molecule has 0 aromatic carbocycles. The van der Waals surface area contributed by atoms with Crippen LogP contribution in [0, 0.1) is 5.92 Å². The first-order valence-corrected chi connectivity index (χ1v) is 6.01. The van der Waals surface area contributed by atoms with Crippen molar-refractivity contribution in [1.29, 1.82) is 0 Å². The van der Waals surface area contributed by atoms with E-state index in [9.17, 15) is 4.79 Å². The summed E-state index contributed by atoms with van der Waals surface area (Å²) in [5.41, 5.74) is 0. The molecule has 2 unspecified atom stereocenters. The van der Waals surface area contributed by atoms with Gasteiger partial charge in [-0.3, -0.25) is 4.79 Å². The summed E-state index contributed by atoms with van der Waals surface area (Å²) in [6.07, 6.45) is 2.41. The molecule has 1 N–H and O–H groups in total. The first kappa shape index (κ1) is 11.5. The van der Waals surface area contributed by atoms with E-state index in [1.165, 1.54) is 0 Å². The zero-order valence-electron chi connectivity index (χ0n) is 8.94. The number of hydrogen-bond acceptors (Lipinski definition) is 3. The van der Waals surface area contributed by atoms with E-state index >= 15 is 0 Å². The Kier molecular flexibility index (Phi) is 3.56. The van der Waals surface area contributed by atoms with Gasteiger partial charge in [0.2, 0.25) is 5.91 Å². The molecule has 86 valence electrons. The number of anilines is 1. The van der Waals surface area contributed by atoms with E-state index in [4.69, 9.17) is 4.74 Å². The summed E-state index contributed by atoms with van der Waals surface area (Å²) in [6, 6.07) is 3.65. The summed E-state index contributed by atoms with van der Waals surface area (Å²) >= 11 is 3.34. The van der Waals surface area contributed by atoms with Gasteiger partial charge in [-0.2, -0.15) is 0 Å². The van der Waals surface area contributed by atoms with E-state index in [0.717, 1.165) is 10.9 Å². The van der Waals surface area contributed by atoms with Crippen molar-refractivity contribution in [2.24, 2.45) is 5.92 Å². The molecule has 2 heterocycles. The predicted octanol–water partition coefficient (Wildman–Crippen LogP) is 2.21. The van der Waals surface area contributed by atoms with Gasteiger partial charge >= 0.3 is 0 Å². The zero-order chi connectivity index (χ0) is 11.5. The third kappa shape index (κ3) is 2.41. The van der Waals surface area contributed by atoms with Crippen LogP contribution in [0.25, 0.3) is 0 Å². The van der Waals surface area contributed by atoms with Crippen LogP contribution in [0.4, 0.5) is 5.82 Å². The Bertz CT molecular complexity index is 397. The number of nitrogens with one attached hydrogen (secondary N) is 1. The zero-order valence-corrected chi connectivity index (χ0v) is 10.5. The largest absolute Gasteiger partial charge is 0.378 e. The lowest BCUT2D eigenvalue weighted by molar-refractivity contribution is -0.121. The molecule has 0 bridgehead atoms. The minimum atomic E-state index is -0.0751. The van der Waals surface area contributed by atoms with Crippen LogP contribution in [-0.2, 0) is 9.53 Å². The SMILES string of the molecule is CC1OCCC1C(=O)Nc1ncccc1Br. The van der Waals surface area contributed by atoms with Crippen LogP contribution < -0.4 is 5.32 Å². The second kappa shape index (κ2) is 4.93. The fraction of sp³-hybridized carbons (Fsp3) is 0.455. The van der Waals surface area contributed by atoms with Gasteiger partial charge < -0.3 is 10.1 Å². The number of halogens is 1. The van der Waals surface area contributed by atoms with Gasteiger partial charge in [0.05, 0.1) is 16.5 Å². The highest BCUT2D eigenvalue weighted by molar-refractivity contribution is 9.10. The summed E-state index contributed by atoms with van der Waals surface area (Å²) < 4.78 is 6.15. The maximum atomic E-state index is 11.9. The normalized spacial score (nSPS) is 24.4. The van der Waals surface area contributed by atoms with Crippen LogP contribution in [0.2, 0.25) is 0 Å². The number of aromatic nitrogens is 1. The molecule has 0 saturated carbocycles. The van der Waals surface area contributed by atoms with Gasteiger partial charge in [0, 0.05) is 12.8 Å². The summed E-state index contributed by atoms with van der Waals surface area (Å²) in [5, 5.41) is 2.81. The molecule has 1 aromatic rings. The van der Waals surface area contributed by atoms with Crippen molar-refractivity contribution in [3.8, 4) is 0 Å². The standard InChI is InChI=1S/C11H13BrN2O2/c1-7-8(4-6-16-7)11(15)14-10-9(12)3-2-5-13-10/h2-3,5,7-8H,4,6H2,1H3,(H,13,14,15). The average Bonchev–Trinajstić information content (AvgIpc) is 2.68. The number of carbonyl (C=O) groups is 1. The highest BCUT2D eigenvalue weighted by atomic mass is 79.9. The van der Waals surface area contributed by atoms with Gasteiger partial charge in [0.1, 0.15) is 5.82 Å². The fourth-order valence-corrected chi connectivity index (χ4v) is 2.12. The second-order valence-electron chi connectivity index (χ2n) is 3.79. The van der Waals surface area contributed by atoms with Crippen LogP contribution >= 0.6 is 15.9 Å². The summed E-state index contributed by atoms with van der Waals surface area (Å²) in [4.78, 5) is 16.0. The Hall–Kier alpha value is -0.940. The maximum Gasteiger partial charge on any atom is 0.231 e. The molecular weight excluding hydrogens is 272 g/mol. The fourth-order valence-electron chi connectivity index (χ4n) is 1.76. The smallest absolute Gasteiger partial charge is 0.231 e. The minimum absolute atomic E-state index is 0.0116. The van der Waals surface area contributed by atoms with Crippen molar-refractivity contribution < 1.29 is 9.53 Å². The van der Waals surface area contributed by atoms with Gasteiger partial charge in [0.15, 0.2) is 0 Å². The summed E-state index contributed by atoms with van der Waals surface area (Å²) in [6.45, 7) is 2.58. The number of ether oxygens (including phenoxy) is 1. The molecule has 1 aromatic heterocycles.